The van der Waals surface area contributed by atoms with Gasteiger partial charge in [0.05, 0.1) is 0 Å². The van der Waals surface area contributed by atoms with Crippen molar-refractivity contribution in [2.75, 3.05) is 0 Å². The first kappa shape index (κ1) is 29.6. The van der Waals surface area contributed by atoms with Crippen LogP contribution >= 0.6 is 0 Å². The Morgan fingerprint density at radius 3 is 1.37 bits per heavy atom. The molecular formula is C53H32O. The predicted molar refractivity (Wildman–Crippen MR) is 227 cm³/mol. The molecule has 0 amide bonds. The fourth-order valence-electron chi connectivity index (χ4n) is 9.67. The first-order valence-electron chi connectivity index (χ1n) is 18.8. The van der Waals surface area contributed by atoms with Gasteiger partial charge in [-0.2, -0.15) is 0 Å². The topological polar surface area (TPSA) is 13.1 Å². The average Bonchev–Trinajstić information content (AvgIpc) is 3.79. The molecule has 1 nitrogen and oxygen atoms in total. The summed E-state index contributed by atoms with van der Waals surface area (Å²) in [7, 11) is 0. The van der Waals surface area contributed by atoms with Crippen LogP contribution in [0.4, 0.5) is 0 Å². The van der Waals surface area contributed by atoms with Crippen molar-refractivity contribution in [2.45, 2.75) is 5.92 Å². The number of rotatable bonds is 3. The van der Waals surface area contributed by atoms with E-state index in [4.69, 9.17) is 4.42 Å². The molecule has 10 aromatic carbocycles. The van der Waals surface area contributed by atoms with Crippen molar-refractivity contribution in [3.05, 3.63) is 205 Å². The highest BCUT2D eigenvalue weighted by molar-refractivity contribution is 6.30. The lowest BCUT2D eigenvalue weighted by atomic mass is 9.84. The van der Waals surface area contributed by atoms with Gasteiger partial charge in [0.2, 0.25) is 0 Å². The lowest BCUT2D eigenvalue weighted by Crippen LogP contribution is -1.99. The molecule has 0 fully saturated rings. The molecule has 0 radical (unpaired) electrons. The van der Waals surface area contributed by atoms with Gasteiger partial charge in [0, 0.05) is 22.1 Å². The summed E-state index contributed by atoms with van der Waals surface area (Å²) in [6.45, 7) is 0. The van der Waals surface area contributed by atoms with Crippen LogP contribution in [0.25, 0.3) is 98.4 Å². The Labute approximate surface area is 312 Å². The third-order valence-electron chi connectivity index (χ3n) is 11.9. The molecule has 0 aliphatic heterocycles. The third kappa shape index (κ3) is 4.10. The fraction of sp³-hybridized carbons (Fsp3) is 0.0189. The molecule has 1 aliphatic carbocycles. The third-order valence-corrected chi connectivity index (χ3v) is 11.9. The Kier molecular flexibility index (Phi) is 6.18. The van der Waals surface area contributed by atoms with Gasteiger partial charge in [-0.1, -0.05) is 176 Å². The van der Waals surface area contributed by atoms with E-state index in [0.717, 1.165) is 27.5 Å². The van der Waals surface area contributed by atoms with Crippen molar-refractivity contribution in [2.24, 2.45) is 0 Å². The molecule has 0 N–H and O–H groups in total. The van der Waals surface area contributed by atoms with E-state index in [2.05, 4.69) is 188 Å². The van der Waals surface area contributed by atoms with E-state index in [0.29, 0.717) is 0 Å². The maximum Gasteiger partial charge on any atom is 0.143 e. The molecule has 0 saturated heterocycles. The van der Waals surface area contributed by atoms with Crippen LogP contribution in [0.15, 0.2) is 192 Å². The molecule has 54 heavy (non-hydrogen) atoms. The summed E-state index contributed by atoms with van der Waals surface area (Å²) in [5, 5.41) is 12.2. The molecule has 0 atom stereocenters. The smallest absolute Gasteiger partial charge is 0.143 e. The highest BCUT2D eigenvalue weighted by atomic mass is 16.3. The number of fused-ring (bicyclic) bond motifs is 13. The van der Waals surface area contributed by atoms with Crippen molar-refractivity contribution in [1.29, 1.82) is 0 Å². The minimum Gasteiger partial charge on any atom is -0.455 e. The summed E-state index contributed by atoms with van der Waals surface area (Å²) in [5.41, 5.74) is 13.5. The first-order valence-corrected chi connectivity index (χ1v) is 18.8. The van der Waals surface area contributed by atoms with Crippen LogP contribution in [0.1, 0.15) is 22.6 Å². The van der Waals surface area contributed by atoms with Crippen LogP contribution in [0.2, 0.25) is 0 Å². The van der Waals surface area contributed by atoms with Gasteiger partial charge in [-0.25, -0.2) is 0 Å². The number of benzene rings is 10. The Balaban J connectivity index is 1.05. The molecule has 11 aromatic rings. The zero-order valence-electron chi connectivity index (χ0n) is 29.4. The standard InChI is InChI=1S/C53H32O/c1-5-17-39-35(13-1)36-14-2-6-18-40(36)49(39)32-25-27-33(28-26-32)50-42-20-8-10-22-44(42)51(45-23-11-9-21-43(45)50)34-29-30-47-48(31-34)54-53-46-24-12-4-16-38(46)37-15-3-7-19-41(37)52(47)53/h1-31,49H. The Morgan fingerprint density at radius 2 is 0.778 bits per heavy atom. The molecular weight excluding hydrogens is 653 g/mol. The maximum atomic E-state index is 6.85. The van der Waals surface area contributed by atoms with Crippen LogP contribution < -0.4 is 0 Å². The second kappa shape index (κ2) is 11.3. The molecule has 1 heterocycles. The van der Waals surface area contributed by atoms with Gasteiger partial charge in [0.1, 0.15) is 11.2 Å². The van der Waals surface area contributed by atoms with Crippen molar-refractivity contribution in [3.8, 4) is 33.4 Å². The molecule has 1 aromatic heterocycles. The van der Waals surface area contributed by atoms with Crippen molar-refractivity contribution < 1.29 is 4.42 Å². The van der Waals surface area contributed by atoms with Crippen LogP contribution in [-0.2, 0) is 0 Å². The second-order valence-electron chi connectivity index (χ2n) is 14.7. The van der Waals surface area contributed by atoms with Crippen LogP contribution in [-0.4, -0.2) is 0 Å². The summed E-state index contributed by atoms with van der Waals surface area (Å²) < 4.78 is 6.85. The number of hydrogen-bond donors (Lipinski definition) is 0. The summed E-state index contributed by atoms with van der Waals surface area (Å²) >= 11 is 0. The van der Waals surface area contributed by atoms with E-state index in [1.807, 2.05) is 0 Å². The highest BCUT2D eigenvalue weighted by Crippen LogP contribution is 2.49. The Hall–Kier alpha value is -6.96. The van der Waals surface area contributed by atoms with Gasteiger partial charge in [0.15, 0.2) is 0 Å². The van der Waals surface area contributed by atoms with Gasteiger partial charge in [-0.15, -0.1) is 0 Å². The van der Waals surface area contributed by atoms with E-state index < -0.39 is 0 Å². The zero-order valence-corrected chi connectivity index (χ0v) is 29.4. The summed E-state index contributed by atoms with van der Waals surface area (Å²) in [6.07, 6.45) is 0. The molecule has 0 bridgehead atoms. The minimum absolute atomic E-state index is 0.228. The van der Waals surface area contributed by atoms with Gasteiger partial charge >= 0.3 is 0 Å². The van der Waals surface area contributed by atoms with E-state index >= 15 is 0 Å². The van der Waals surface area contributed by atoms with E-state index in [9.17, 15) is 0 Å². The molecule has 250 valence electrons. The lowest BCUT2D eigenvalue weighted by molar-refractivity contribution is 0.673. The monoisotopic (exact) mass is 684 g/mol. The predicted octanol–water partition coefficient (Wildman–Crippen LogP) is 14.7. The summed E-state index contributed by atoms with van der Waals surface area (Å²) in [5.74, 6) is 0.228. The molecule has 1 heteroatoms. The van der Waals surface area contributed by atoms with Gasteiger partial charge in [-0.3, -0.25) is 0 Å². The van der Waals surface area contributed by atoms with E-state index in [1.165, 1.54) is 87.6 Å². The lowest BCUT2D eigenvalue weighted by Gasteiger charge is -2.19. The van der Waals surface area contributed by atoms with Gasteiger partial charge in [0.25, 0.3) is 0 Å². The van der Waals surface area contributed by atoms with Gasteiger partial charge < -0.3 is 4.42 Å². The van der Waals surface area contributed by atoms with E-state index in [-0.39, 0.29) is 5.92 Å². The van der Waals surface area contributed by atoms with Crippen molar-refractivity contribution in [1.82, 2.24) is 0 Å². The molecule has 0 saturated carbocycles. The SMILES string of the molecule is c1ccc2c(c1)-c1ccccc1C2c1ccc(-c2c3ccccc3c(-c3ccc4c(c3)oc3c5ccccc5c5ccccc5c43)c3ccccc23)cc1. The summed E-state index contributed by atoms with van der Waals surface area (Å²) in [6, 6.07) is 69.1. The largest absolute Gasteiger partial charge is 0.455 e. The zero-order chi connectivity index (χ0) is 35.3. The van der Waals surface area contributed by atoms with Crippen LogP contribution in [0, 0.1) is 0 Å². The minimum atomic E-state index is 0.228. The average molecular weight is 685 g/mol. The molecule has 12 rings (SSSR count). The van der Waals surface area contributed by atoms with Crippen LogP contribution in [0.3, 0.4) is 0 Å². The molecule has 0 unspecified atom stereocenters. The van der Waals surface area contributed by atoms with Crippen molar-refractivity contribution >= 4 is 65.0 Å². The van der Waals surface area contributed by atoms with Crippen molar-refractivity contribution in [3.63, 3.8) is 0 Å². The highest BCUT2D eigenvalue weighted by Gasteiger charge is 2.29. The van der Waals surface area contributed by atoms with E-state index in [1.54, 1.807) is 0 Å². The second-order valence-corrected chi connectivity index (χ2v) is 14.7. The van der Waals surface area contributed by atoms with Crippen LogP contribution in [0.5, 0.6) is 0 Å². The molecule has 0 spiro atoms. The Bertz CT molecular complexity index is 3220. The van der Waals surface area contributed by atoms with Gasteiger partial charge in [-0.05, 0) is 99.9 Å². The quantitative estimate of drug-likeness (QED) is 0.133. The first-order chi connectivity index (χ1) is 26.8. The molecule has 1 aliphatic rings. The number of furan rings is 1. The maximum absolute atomic E-state index is 6.85. The fourth-order valence-corrected chi connectivity index (χ4v) is 9.67. The summed E-state index contributed by atoms with van der Waals surface area (Å²) in [4.78, 5) is 0. The number of hydrogen-bond acceptors (Lipinski definition) is 1. The Morgan fingerprint density at radius 1 is 0.333 bits per heavy atom. The normalized spacial score (nSPS) is 12.7.